The van der Waals surface area contributed by atoms with Crippen LogP contribution in [0.2, 0.25) is 0 Å². The van der Waals surface area contributed by atoms with Gasteiger partial charge in [0, 0.05) is 18.4 Å². The average Bonchev–Trinajstić information content (AvgIpc) is 2.81. The third-order valence-electron chi connectivity index (χ3n) is 2.89. The molecule has 0 atom stereocenters. The van der Waals surface area contributed by atoms with Crippen LogP contribution in [0.25, 0.3) is 0 Å². The number of anilines is 1. The average molecular weight is 259 g/mol. The molecule has 0 radical (unpaired) electrons. The Bertz CT molecular complexity index is 546. The lowest BCUT2D eigenvalue weighted by Crippen LogP contribution is -2.24. The van der Waals surface area contributed by atoms with E-state index in [2.05, 4.69) is 20.5 Å². The first-order valence-corrected chi connectivity index (χ1v) is 6.15. The Hall–Kier alpha value is -2.37. The number of amides is 1. The monoisotopic (exact) mass is 259 g/mol. The van der Waals surface area contributed by atoms with E-state index >= 15 is 0 Å². The molecule has 0 unspecified atom stereocenters. The van der Waals surface area contributed by atoms with Gasteiger partial charge < -0.3 is 11.1 Å². The number of rotatable bonds is 5. The summed E-state index contributed by atoms with van der Waals surface area (Å²) in [5, 5.41) is 9.70. The Morgan fingerprint density at radius 1 is 1.42 bits per heavy atom. The van der Waals surface area contributed by atoms with Gasteiger partial charge in [0.2, 0.25) is 0 Å². The van der Waals surface area contributed by atoms with E-state index in [-0.39, 0.29) is 5.91 Å². The number of carbonyl (C=O) groups is 1. The number of nitrogens with one attached hydrogen (secondary N) is 2. The van der Waals surface area contributed by atoms with Crippen molar-refractivity contribution in [3.05, 3.63) is 41.3 Å². The molecule has 6 heteroatoms. The summed E-state index contributed by atoms with van der Waals surface area (Å²) in [6.45, 7) is 2.61. The number of hydrogen-bond acceptors (Lipinski definition) is 4. The molecule has 0 bridgehead atoms. The van der Waals surface area contributed by atoms with Gasteiger partial charge in [0.1, 0.15) is 5.82 Å². The molecule has 2 rings (SSSR count). The maximum Gasteiger partial charge on any atom is 0.252 e. The molecule has 2 heterocycles. The maximum atomic E-state index is 11.8. The highest BCUT2D eigenvalue weighted by atomic mass is 16.1. The summed E-state index contributed by atoms with van der Waals surface area (Å²) in [7, 11) is 0. The van der Waals surface area contributed by atoms with Crippen molar-refractivity contribution in [2.75, 3.05) is 12.3 Å². The molecule has 4 N–H and O–H groups in total. The smallest absolute Gasteiger partial charge is 0.252 e. The number of nitrogen functional groups attached to an aromatic ring is 1. The van der Waals surface area contributed by atoms with E-state index in [0.717, 1.165) is 18.5 Å². The van der Waals surface area contributed by atoms with Crippen LogP contribution in [-0.2, 0) is 6.42 Å². The van der Waals surface area contributed by atoms with Gasteiger partial charge in [0.15, 0.2) is 0 Å². The fourth-order valence-electron chi connectivity index (χ4n) is 1.75. The van der Waals surface area contributed by atoms with Crippen LogP contribution in [-0.4, -0.2) is 27.6 Å². The largest absolute Gasteiger partial charge is 0.384 e. The summed E-state index contributed by atoms with van der Waals surface area (Å²) < 4.78 is 0. The Balaban J connectivity index is 1.75. The summed E-state index contributed by atoms with van der Waals surface area (Å²) in [5.41, 5.74) is 8.25. The minimum absolute atomic E-state index is 0.128. The van der Waals surface area contributed by atoms with Crippen LogP contribution in [0.1, 0.15) is 28.0 Å². The third-order valence-corrected chi connectivity index (χ3v) is 2.89. The second-order valence-electron chi connectivity index (χ2n) is 4.35. The van der Waals surface area contributed by atoms with Gasteiger partial charge in [0.05, 0.1) is 11.8 Å². The van der Waals surface area contributed by atoms with Crippen molar-refractivity contribution < 1.29 is 4.79 Å². The van der Waals surface area contributed by atoms with E-state index in [1.54, 1.807) is 12.1 Å². The van der Waals surface area contributed by atoms with Crippen LogP contribution in [0.15, 0.2) is 24.5 Å². The van der Waals surface area contributed by atoms with Crippen LogP contribution < -0.4 is 11.1 Å². The fourth-order valence-corrected chi connectivity index (χ4v) is 1.75. The Morgan fingerprint density at radius 2 is 2.26 bits per heavy atom. The predicted octanol–water partition coefficient (Wildman–Crippen LogP) is 1.06. The van der Waals surface area contributed by atoms with Gasteiger partial charge in [-0.15, -0.1) is 0 Å². The zero-order valence-electron chi connectivity index (χ0n) is 10.8. The second-order valence-corrected chi connectivity index (χ2v) is 4.35. The lowest BCUT2D eigenvalue weighted by atomic mass is 10.1. The SMILES string of the molecule is Cc1[nH]ncc1CCCNC(=O)c1ccc(N)nc1. The highest BCUT2D eigenvalue weighted by molar-refractivity contribution is 5.93. The highest BCUT2D eigenvalue weighted by Gasteiger charge is 2.05. The Kier molecular flexibility index (Phi) is 4.12. The van der Waals surface area contributed by atoms with Crippen LogP contribution in [0, 0.1) is 6.92 Å². The number of aromatic amines is 1. The van der Waals surface area contributed by atoms with Gasteiger partial charge in [-0.05, 0) is 37.5 Å². The molecule has 0 aromatic carbocycles. The number of aryl methyl sites for hydroxylation is 2. The number of H-pyrrole nitrogens is 1. The van der Waals surface area contributed by atoms with Crippen molar-refractivity contribution in [2.45, 2.75) is 19.8 Å². The molecule has 2 aromatic heterocycles. The van der Waals surface area contributed by atoms with Crippen molar-refractivity contribution in [1.29, 1.82) is 0 Å². The molecule has 100 valence electrons. The van der Waals surface area contributed by atoms with Crippen LogP contribution in [0.3, 0.4) is 0 Å². The molecule has 0 aliphatic carbocycles. The number of aromatic nitrogens is 3. The first kappa shape index (κ1) is 13.1. The number of pyridine rings is 1. The summed E-state index contributed by atoms with van der Waals surface area (Å²) >= 11 is 0. The minimum Gasteiger partial charge on any atom is -0.384 e. The normalized spacial score (nSPS) is 10.4. The number of carbonyl (C=O) groups excluding carboxylic acids is 1. The van der Waals surface area contributed by atoms with E-state index in [1.165, 1.54) is 11.8 Å². The lowest BCUT2D eigenvalue weighted by molar-refractivity contribution is 0.0953. The number of nitrogens with zero attached hydrogens (tertiary/aromatic N) is 2. The second kappa shape index (κ2) is 5.99. The van der Waals surface area contributed by atoms with Gasteiger partial charge in [-0.25, -0.2) is 4.98 Å². The fraction of sp³-hybridized carbons (Fsp3) is 0.308. The van der Waals surface area contributed by atoms with Gasteiger partial charge in [0.25, 0.3) is 5.91 Å². The lowest BCUT2D eigenvalue weighted by Gasteiger charge is -2.05. The predicted molar refractivity (Wildman–Crippen MR) is 72.6 cm³/mol. The zero-order valence-corrected chi connectivity index (χ0v) is 10.8. The van der Waals surface area contributed by atoms with E-state index in [1.807, 2.05) is 13.1 Å². The summed E-state index contributed by atoms with van der Waals surface area (Å²) in [6.07, 6.45) is 5.06. The van der Waals surface area contributed by atoms with Crippen molar-refractivity contribution in [2.24, 2.45) is 0 Å². The van der Waals surface area contributed by atoms with Gasteiger partial charge in [-0.1, -0.05) is 0 Å². The van der Waals surface area contributed by atoms with Crippen LogP contribution in [0.5, 0.6) is 0 Å². The molecule has 0 fully saturated rings. The minimum atomic E-state index is -0.128. The van der Waals surface area contributed by atoms with Gasteiger partial charge in [-0.2, -0.15) is 5.10 Å². The van der Waals surface area contributed by atoms with E-state index in [0.29, 0.717) is 17.9 Å². The van der Waals surface area contributed by atoms with Crippen molar-refractivity contribution in [3.8, 4) is 0 Å². The molecule has 6 nitrogen and oxygen atoms in total. The Morgan fingerprint density at radius 3 is 2.89 bits per heavy atom. The van der Waals surface area contributed by atoms with Crippen molar-refractivity contribution in [3.63, 3.8) is 0 Å². The molecule has 0 spiro atoms. The molecular weight excluding hydrogens is 242 g/mol. The molecule has 1 amide bonds. The van der Waals surface area contributed by atoms with Crippen LogP contribution >= 0.6 is 0 Å². The third kappa shape index (κ3) is 3.54. The quantitative estimate of drug-likeness (QED) is 0.699. The molecule has 2 aromatic rings. The van der Waals surface area contributed by atoms with Gasteiger partial charge in [-0.3, -0.25) is 9.89 Å². The van der Waals surface area contributed by atoms with Crippen molar-refractivity contribution in [1.82, 2.24) is 20.5 Å². The van der Waals surface area contributed by atoms with Gasteiger partial charge >= 0.3 is 0 Å². The summed E-state index contributed by atoms with van der Waals surface area (Å²) in [4.78, 5) is 15.7. The molecule has 0 saturated heterocycles. The van der Waals surface area contributed by atoms with E-state index in [9.17, 15) is 4.79 Å². The molecule has 19 heavy (non-hydrogen) atoms. The number of nitrogens with two attached hydrogens (primary N) is 1. The van der Waals surface area contributed by atoms with Crippen molar-refractivity contribution >= 4 is 11.7 Å². The standard InChI is InChI=1S/C13H17N5O/c1-9-10(8-17-18-9)3-2-6-15-13(19)11-4-5-12(14)16-7-11/h4-5,7-8H,2-3,6H2,1H3,(H2,14,16)(H,15,19)(H,17,18). The van der Waals surface area contributed by atoms with E-state index in [4.69, 9.17) is 5.73 Å². The first-order chi connectivity index (χ1) is 9.16. The first-order valence-electron chi connectivity index (χ1n) is 6.15. The molecule has 0 aliphatic rings. The zero-order chi connectivity index (χ0) is 13.7. The summed E-state index contributed by atoms with van der Waals surface area (Å²) in [5.74, 6) is 0.281. The molecule has 0 saturated carbocycles. The van der Waals surface area contributed by atoms with E-state index < -0.39 is 0 Å². The topological polar surface area (TPSA) is 96.7 Å². The number of hydrogen-bond donors (Lipinski definition) is 3. The maximum absolute atomic E-state index is 11.8. The van der Waals surface area contributed by atoms with Crippen LogP contribution in [0.4, 0.5) is 5.82 Å². The summed E-state index contributed by atoms with van der Waals surface area (Å²) in [6, 6.07) is 3.28. The molecular formula is C13H17N5O. The molecule has 0 aliphatic heterocycles. The Labute approximate surface area is 111 Å². The highest BCUT2D eigenvalue weighted by Crippen LogP contribution is 2.05.